The molecule has 0 N–H and O–H groups in total. The molecule has 0 aromatic heterocycles. The zero-order valence-electron chi connectivity index (χ0n) is 20.9. The molecular weight excluding hydrogens is 444 g/mol. The third-order valence-corrected chi connectivity index (χ3v) is 8.41. The Hall–Kier alpha value is -2.92. The summed E-state index contributed by atoms with van der Waals surface area (Å²) in [7, 11) is 0. The number of hydrogen-bond acceptors (Lipinski definition) is 4. The van der Waals surface area contributed by atoms with Gasteiger partial charge in [-0.2, -0.15) is 10.5 Å². The first-order valence-corrected chi connectivity index (χ1v) is 13.7. The highest BCUT2D eigenvalue weighted by molar-refractivity contribution is 5.24. The highest BCUT2D eigenvalue weighted by Gasteiger charge is 2.42. The number of nitrogens with zero attached hydrogens (tertiary/aromatic N) is 2. The molecular formula is C32H36N2O2. The molecule has 2 saturated carbocycles. The maximum atomic E-state index is 10.2. The number of nitriles is 2. The molecule has 0 amide bonds. The molecule has 0 saturated heterocycles. The van der Waals surface area contributed by atoms with Gasteiger partial charge in [0, 0.05) is 11.8 Å². The van der Waals surface area contributed by atoms with Crippen LogP contribution >= 0.6 is 0 Å². The Labute approximate surface area is 215 Å². The van der Waals surface area contributed by atoms with Gasteiger partial charge in [-0.3, -0.25) is 0 Å². The molecule has 0 spiro atoms. The predicted molar refractivity (Wildman–Crippen MR) is 140 cm³/mol. The molecule has 3 aliphatic rings. The van der Waals surface area contributed by atoms with Gasteiger partial charge >= 0.3 is 0 Å². The minimum Gasteiger partial charge on any atom is -0.369 e. The molecule has 0 bridgehead atoms. The second-order valence-electron chi connectivity index (χ2n) is 10.6. The fraction of sp³-hybridized carbons (Fsp3) is 0.500. The van der Waals surface area contributed by atoms with Crippen molar-refractivity contribution in [1.29, 1.82) is 10.5 Å². The first-order valence-electron chi connectivity index (χ1n) is 13.7. The maximum Gasteiger partial charge on any atom is 0.0947 e. The largest absolute Gasteiger partial charge is 0.369 e. The monoisotopic (exact) mass is 480 g/mol. The molecule has 2 aromatic carbocycles. The molecule has 4 unspecified atom stereocenters. The van der Waals surface area contributed by atoms with Crippen molar-refractivity contribution in [1.82, 2.24) is 0 Å². The van der Waals surface area contributed by atoms with Crippen molar-refractivity contribution in [2.75, 3.05) is 0 Å². The summed E-state index contributed by atoms with van der Waals surface area (Å²) in [6, 6.07) is 26.0. The third-order valence-electron chi connectivity index (χ3n) is 8.41. The summed E-state index contributed by atoms with van der Waals surface area (Å²) >= 11 is 0. The normalized spacial score (nSPS) is 34.4. The first-order chi connectivity index (χ1) is 17.8. The van der Waals surface area contributed by atoms with E-state index in [1.165, 1.54) is 24.0 Å². The smallest absolute Gasteiger partial charge is 0.0947 e. The molecule has 0 aliphatic heterocycles. The molecule has 2 fully saturated rings. The Bertz CT molecular complexity index is 999. The van der Waals surface area contributed by atoms with Crippen LogP contribution in [-0.2, 0) is 9.47 Å². The van der Waals surface area contributed by atoms with Crippen molar-refractivity contribution in [2.45, 2.75) is 87.6 Å². The topological polar surface area (TPSA) is 66.0 Å². The van der Waals surface area contributed by atoms with Gasteiger partial charge in [-0.05, 0) is 36.8 Å². The van der Waals surface area contributed by atoms with E-state index in [-0.39, 0.29) is 24.4 Å². The number of benzene rings is 2. The Morgan fingerprint density at radius 1 is 0.556 bits per heavy atom. The fourth-order valence-corrected chi connectivity index (χ4v) is 6.52. The van der Waals surface area contributed by atoms with E-state index in [0.29, 0.717) is 11.8 Å². The van der Waals surface area contributed by atoms with Crippen LogP contribution < -0.4 is 0 Å². The van der Waals surface area contributed by atoms with Crippen LogP contribution in [0.2, 0.25) is 0 Å². The van der Waals surface area contributed by atoms with E-state index in [9.17, 15) is 10.5 Å². The Kier molecular flexibility index (Phi) is 8.17. The zero-order chi connectivity index (χ0) is 24.7. The van der Waals surface area contributed by atoms with Crippen LogP contribution in [0.4, 0.5) is 0 Å². The van der Waals surface area contributed by atoms with E-state index in [1.54, 1.807) is 0 Å². The van der Waals surface area contributed by atoms with E-state index in [0.717, 1.165) is 38.5 Å². The van der Waals surface area contributed by atoms with Gasteiger partial charge in [-0.25, -0.2) is 0 Å². The molecule has 0 radical (unpaired) electrons. The highest BCUT2D eigenvalue weighted by atomic mass is 16.5. The summed E-state index contributed by atoms with van der Waals surface area (Å²) in [5.74, 6) is -0.420. The summed E-state index contributed by atoms with van der Waals surface area (Å²) < 4.78 is 13.3. The summed E-state index contributed by atoms with van der Waals surface area (Å²) in [4.78, 5) is 0. The second-order valence-corrected chi connectivity index (χ2v) is 10.6. The number of ether oxygens (including phenoxy) is 2. The van der Waals surface area contributed by atoms with E-state index >= 15 is 0 Å². The predicted octanol–water partition coefficient (Wildman–Crippen LogP) is 7.06. The summed E-state index contributed by atoms with van der Waals surface area (Å²) in [6.45, 7) is 0. The van der Waals surface area contributed by atoms with Crippen LogP contribution in [0.25, 0.3) is 0 Å². The fourth-order valence-electron chi connectivity index (χ4n) is 6.52. The SMILES string of the molecule is N#C[C@H]1[C@H](C#N)[C@H](OC2CCCCC2c2ccccc2)C=C[C@@H]1OC1CCCCC1c1ccccc1. The van der Waals surface area contributed by atoms with Gasteiger partial charge < -0.3 is 9.47 Å². The molecule has 186 valence electrons. The van der Waals surface area contributed by atoms with Gasteiger partial charge in [0.2, 0.25) is 0 Å². The lowest BCUT2D eigenvalue weighted by Gasteiger charge is -2.40. The molecule has 2 aromatic rings. The van der Waals surface area contributed by atoms with Gasteiger partial charge in [-0.15, -0.1) is 0 Å². The molecule has 8 atom stereocenters. The summed E-state index contributed by atoms with van der Waals surface area (Å²) in [6.07, 6.45) is 12.2. The van der Waals surface area contributed by atoms with Crippen LogP contribution in [0.15, 0.2) is 72.8 Å². The minimum absolute atomic E-state index is 0.0595. The minimum atomic E-state index is -0.540. The van der Waals surface area contributed by atoms with Crippen molar-refractivity contribution in [3.63, 3.8) is 0 Å². The van der Waals surface area contributed by atoms with E-state index in [1.807, 2.05) is 24.3 Å². The van der Waals surface area contributed by atoms with Crippen molar-refractivity contribution in [3.8, 4) is 12.1 Å². The lowest BCUT2D eigenvalue weighted by atomic mass is 9.78. The van der Waals surface area contributed by atoms with E-state index in [4.69, 9.17) is 9.47 Å². The Morgan fingerprint density at radius 2 is 0.944 bits per heavy atom. The van der Waals surface area contributed by atoms with Crippen molar-refractivity contribution in [2.24, 2.45) is 11.8 Å². The van der Waals surface area contributed by atoms with Gasteiger partial charge in [0.25, 0.3) is 0 Å². The van der Waals surface area contributed by atoms with Crippen LogP contribution in [0.5, 0.6) is 0 Å². The van der Waals surface area contributed by atoms with Crippen molar-refractivity contribution >= 4 is 0 Å². The Morgan fingerprint density at radius 3 is 1.33 bits per heavy atom. The molecule has 0 heterocycles. The lowest BCUT2D eigenvalue weighted by Crippen LogP contribution is -2.43. The molecule has 4 nitrogen and oxygen atoms in total. The van der Waals surface area contributed by atoms with Gasteiger partial charge in [0.05, 0.1) is 48.4 Å². The van der Waals surface area contributed by atoms with Gasteiger partial charge in [0.1, 0.15) is 0 Å². The van der Waals surface area contributed by atoms with Crippen molar-refractivity contribution < 1.29 is 9.47 Å². The standard InChI is InChI=1S/C32H36N2O2/c33-21-27-28(22-34)32(36-30-18-10-8-16-26(30)24-13-5-2-6-14-24)20-19-31(27)35-29-17-9-7-15-25(29)23-11-3-1-4-12-23/h1-6,11-14,19-20,25-32H,7-10,15-18H2/t25?,26?,27-,28-,29?,30?,31-,32+/m0/s1. The van der Waals surface area contributed by atoms with E-state index < -0.39 is 11.8 Å². The maximum absolute atomic E-state index is 10.2. The third kappa shape index (κ3) is 5.41. The van der Waals surface area contributed by atoms with Crippen molar-refractivity contribution in [3.05, 3.63) is 83.9 Å². The number of rotatable bonds is 6. The summed E-state index contributed by atoms with van der Waals surface area (Å²) in [5, 5.41) is 20.3. The van der Waals surface area contributed by atoms with Crippen LogP contribution in [0.1, 0.15) is 74.3 Å². The van der Waals surface area contributed by atoms with Crippen LogP contribution in [-0.4, -0.2) is 24.4 Å². The zero-order valence-corrected chi connectivity index (χ0v) is 20.9. The summed E-state index contributed by atoms with van der Waals surface area (Å²) in [5.41, 5.74) is 2.61. The molecule has 5 rings (SSSR count). The Balaban J connectivity index is 1.32. The average Bonchev–Trinajstić information content (AvgIpc) is 2.95. The molecule has 4 heteroatoms. The van der Waals surface area contributed by atoms with E-state index in [2.05, 4.69) is 60.7 Å². The second kappa shape index (κ2) is 11.9. The van der Waals surface area contributed by atoms with Gasteiger partial charge in [0.15, 0.2) is 0 Å². The lowest BCUT2D eigenvalue weighted by molar-refractivity contribution is -0.0807. The van der Waals surface area contributed by atoms with Gasteiger partial charge in [-0.1, -0.05) is 98.5 Å². The first kappa shape index (κ1) is 24.8. The number of hydrogen-bond donors (Lipinski definition) is 0. The van der Waals surface area contributed by atoms with Crippen LogP contribution in [0.3, 0.4) is 0 Å². The molecule has 3 aliphatic carbocycles. The molecule has 36 heavy (non-hydrogen) atoms. The highest BCUT2D eigenvalue weighted by Crippen LogP contribution is 2.41. The quantitative estimate of drug-likeness (QED) is 0.415. The average molecular weight is 481 g/mol. The van der Waals surface area contributed by atoms with Crippen LogP contribution in [0, 0.1) is 34.5 Å².